The van der Waals surface area contributed by atoms with Gasteiger partial charge < -0.3 is 0 Å². The second-order valence-corrected chi connectivity index (χ2v) is 10.1. The van der Waals surface area contributed by atoms with E-state index in [0.29, 0.717) is 11.3 Å². The van der Waals surface area contributed by atoms with E-state index in [4.69, 9.17) is 0 Å². The Kier molecular flexibility index (Phi) is 4.08. The summed E-state index contributed by atoms with van der Waals surface area (Å²) < 4.78 is 0. The summed E-state index contributed by atoms with van der Waals surface area (Å²) in [5.41, 5.74) is 5.22. The Morgan fingerprint density at radius 2 is 1.93 bits per heavy atom. The van der Waals surface area contributed by atoms with Gasteiger partial charge in [-0.05, 0) is 108 Å². The molecule has 1 nitrogen and oxygen atoms in total. The lowest BCUT2D eigenvalue weighted by molar-refractivity contribution is 0.137. The van der Waals surface area contributed by atoms with Gasteiger partial charge in [-0.1, -0.05) is 43.4 Å². The van der Waals surface area contributed by atoms with E-state index in [-0.39, 0.29) is 0 Å². The third-order valence-electron chi connectivity index (χ3n) is 8.79. The van der Waals surface area contributed by atoms with E-state index in [1.54, 1.807) is 11.1 Å². The van der Waals surface area contributed by atoms with Crippen LogP contribution in [0.1, 0.15) is 63.4 Å². The fourth-order valence-electron chi connectivity index (χ4n) is 7.21. The molecule has 0 amide bonds. The molecule has 6 rings (SSSR count). The number of pyridine rings is 1. The lowest BCUT2D eigenvalue weighted by Gasteiger charge is -2.44. The Morgan fingerprint density at radius 3 is 2.90 bits per heavy atom. The number of rotatable bonds is 1. The van der Waals surface area contributed by atoms with E-state index in [9.17, 15) is 0 Å². The molecule has 29 heavy (non-hydrogen) atoms. The predicted molar refractivity (Wildman–Crippen MR) is 121 cm³/mol. The zero-order valence-electron chi connectivity index (χ0n) is 17.5. The van der Waals surface area contributed by atoms with Crippen molar-refractivity contribution in [2.24, 2.45) is 23.2 Å². The lowest BCUT2D eigenvalue weighted by atomic mass is 9.60. The Morgan fingerprint density at radius 1 is 0.966 bits per heavy atom. The molecule has 1 fully saturated rings. The first-order chi connectivity index (χ1) is 14.2. The molecule has 4 aliphatic carbocycles. The molecule has 0 bridgehead atoms. The van der Waals surface area contributed by atoms with Gasteiger partial charge in [-0.3, -0.25) is 4.98 Å². The number of hydrogen-bond acceptors (Lipinski definition) is 1. The van der Waals surface area contributed by atoms with Crippen LogP contribution >= 0.6 is 0 Å². The van der Waals surface area contributed by atoms with E-state index in [1.165, 1.54) is 61.3 Å². The van der Waals surface area contributed by atoms with E-state index in [0.717, 1.165) is 17.8 Å². The smallest absolute Gasteiger partial charge is 0.0346 e. The van der Waals surface area contributed by atoms with Crippen LogP contribution in [0, 0.1) is 23.2 Å². The molecule has 5 atom stereocenters. The SMILES string of the molecule is CC12CC=C3C=C4C=CCCC4CCC3C1CCC2c1ccc2ccncc2c1. The molecule has 1 heterocycles. The molecule has 5 unspecified atom stereocenters. The summed E-state index contributed by atoms with van der Waals surface area (Å²) >= 11 is 0. The zero-order valence-corrected chi connectivity index (χ0v) is 17.5. The van der Waals surface area contributed by atoms with Gasteiger partial charge in [0.05, 0.1) is 0 Å². The third-order valence-corrected chi connectivity index (χ3v) is 8.79. The maximum absolute atomic E-state index is 4.36. The predicted octanol–water partition coefficient (Wildman–Crippen LogP) is 7.37. The number of fused-ring (bicyclic) bond motifs is 5. The molecule has 0 spiro atoms. The highest BCUT2D eigenvalue weighted by Gasteiger charge is 2.51. The van der Waals surface area contributed by atoms with E-state index in [1.807, 2.05) is 12.4 Å². The number of benzene rings is 1. The van der Waals surface area contributed by atoms with Gasteiger partial charge in [0.1, 0.15) is 0 Å². The van der Waals surface area contributed by atoms with Crippen LogP contribution in [-0.4, -0.2) is 4.98 Å². The minimum absolute atomic E-state index is 0.397. The summed E-state index contributed by atoms with van der Waals surface area (Å²) in [6.45, 7) is 2.60. The molecule has 4 aliphatic rings. The van der Waals surface area contributed by atoms with Crippen LogP contribution in [0.5, 0.6) is 0 Å². The Bertz CT molecular complexity index is 1040. The summed E-state index contributed by atoms with van der Waals surface area (Å²) in [6, 6.07) is 9.25. The van der Waals surface area contributed by atoms with Gasteiger partial charge in [-0.2, -0.15) is 0 Å². The van der Waals surface area contributed by atoms with Crippen molar-refractivity contribution in [2.45, 2.75) is 57.8 Å². The zero-order chi connectivity index (χ0) is 19.4. The molecule has 0 saturated heterocycles. The minimum atomic E-state index is 0.397. The molecule has 148 valence electrons. The normalized spacial score (nSPS) is 35.9. The van der Waals surface area contributed by atoms with Crippen LogP contribution < -0.4 is 0 Å². The average molecular weight is 382 g/mol. The fourth-order valence-corrected chi connectivity index (χ4v) is 7.21. The summed E-state index contributed by atoms with van der Waals surface area (Å²) in [6.07, 6.45) is 23.3. The standard InChI is InChI=1S/C28H31N/c1-28-14-12-22-16-21-5-3-2-4-19(21)8-9-25(22)27(28)11-10-26(28)23-7-6-20-13-15-29-18-24(20)17-23/h3,5-7,12-13,15-19,25-27H,2,4,8-11,14H2,1H3. The van der Waals surface area contributed by atoms with Gasteiger partial charge in [0.15, 0.2) is 0 Å². The van der Waals surface area contributed by atoms with Crippen molar-refractivity contribution >= 4 is 10.8 Å². The monoisotopic (exact) mass is 381 g/mol. The summed E-state index contributed by atoms with van der Waals surface area (Å²) in [5, 5.41) is 2.60. The highest BCUT2D eigenvalue weighted by molar-refractivity contribution is 5.82. The van der Waals surface area contributed by atoms with E-state index in [2.05, 4.69) is 60.5 Å². The molecule has 1 aromatic carbocycles. The van der Waals surface area contributed by atoms with Crippen molar-refractivity contribution < 1.29 is 0 Å². The second-order valence-electron chi connectivity index (χ2n) is 10.1. The Balaban J connectivity index is 1.36. The number of allylic oxidation sites excluding steroid dienone is 6. The highest BCUT2D eigenvalue weighted by atomic mass is 14.6. The Hall–Kier alpha value is -2.15. The van der Waals surface area contributed by atoms with E-state index >= 15 is 0 Å². The molecule has 0 radical (unpaired) electrons. The first-order valence-electron chi connectivity index (χ1n) is 11.6. The average Bonchev–Trinajstić information content (AvgIpc) is 2.99. The molecule has 2 aromatic rings. The van der Waals surface area contributed by atoms with E-state index < -0.39 is 0 Å². The number of nitrogens with zero attached hydrogens (tertiary/aromatic N) is 1. The summed E-state index contributed by atoms with van der Waals surface area (Å²) in [5.74, 6) is 3.08. The maximum Gasteiger partial charge on any atom is 0.0346 e. The van der Waals surface area contributed by atoms with Gasteiger partial charge >= 0.3 is 0 Å². The molecular formula is C28H31N. The molecule has 1 aromatic heterocycles. The molecular weight excluding hydrogens is 350 g/mol. The van der Waals surface area contributed by atoms with Crippen LogP contribution in [-0.2, 0) is 0 Å². The maximum atomic E-state index is 4.36. The molecule has 1 heteroatoms. The minimum Gasteiger partial charge on any atom is -0.264 e. The van der Waals surface area contributed by atoms with Crippen LogP contribution in [0.2, 0.25) is 0 Å². The van der Waals surface area contributed by atoms with Gasteiger partial charge in [-0.25, -0.2) is 0 Å². The summed E-state index contributed by atoms with van der Waals surface area (Å²) in [7, 11) is 0. The Labute approximate surface area is 174 Å². The highest BCUT2D eigenvalue weighted by Crippen LogP contribution is 2.62. The molecule has 0 N–H and O–H groups in total. The van der Waals surface area contributed by atoms with Gasteiger partial charge in [-0.15, -0.1) is 0 Å². The topological polar surface area (TPSA) is 12.9 Å². The second kappa shape index (κ2) is 6.69. The van der Waals surface area contributed by atoms with Crippen molar-refractivity contribution in [3.8, 4) is 0 Å². The van der Waals surface area contributed by atoms with Crippen molar-refractivity contribution in [3.63, 3.8) is 0 Å². The number of aromatic nitrogens is 1. The van der Waals surface area contributed by atoms with Crippen LogP contribution in [0.3, 0.4) is 0 Å². The van der Waals surface area contributed by atoms with Crippen LogP contribution in [0.25, 0.3) is 10.8 Å². The van der Waals surface area contributed by atoms with Gasteiger partial charge in [0.25, 0.3) is 0 Å². The van der Waals surface area contributed by atoms with Crippen molar-refractivity contribution in [1.29, 1.82) is 0 Å². The first-order valence-corrected chi connectivity index (χ1v) is 11.6. The quantitative estimate of drug-likeness (QED) is 0.502. The van der Waals surface area contributed by atoms with Gasteiger partial charge in [0.2, 0.25) is 0 Å². The van der Waals surface area contributed by atoms with Crippen molar-refractivity contribution in [3.05, 3.63) is 77.7 Å². The van der Waals surface area contributed by atoms with Crippen LogP contribution in [0.4, 0.5) is 0 Å². The van der Waals surface area contributed by atoms with Crippen molar-refractivity contribution in [2.75, 3.05) is 0 Å². The van der Waals surface area contributed by atoms with Crippen LogP contribution in [0.15, 0.2) is 72.1 Å². The molecule has 0 aliphatic heterocycles. The molecule has 1 saturated carbocycles. The van der Waals surface area contributed by atoms with Crippen molar-refractivity contribution in [1.82, 2.24) is 4.98 Å². The van der Waals surface area contributed by atoms with Gasteiger partial charge in [0, 0.05) is 17.8 Å². The summed E-state index contributed by atoms with van der Waals surface area (Å²) in [4.78, 5) is 4.36. The first kappa shape index (κ1) is 17.7. The number of hydrogen-bond donors (Lipinski definition) is 0. The lowest BCUT2D eigenvalue weighted by Crippen LogP contribution is -2.35. The fraction of sp³-hybridized carbons (Fsp3) is 0.464. The largest absolute Gasteiger partial charge is 0.264 e. The third kappa shape index (κ3) is 2.77.